The number of esters is 1. The molecule has 3 rings (SSSR count). The Bertz CT molecular complexity index is 804. The van der Waals surface area contributed by atoms with Crippen molar-refractivity contribution in [2.45, 2.75) is 45.3 Å². The molecular weight excluding hydrogens is 371 g/mol. The van der Waals surface area contributed by atoms with Gasteiger partial charge in [0, 0.05) is 6.20 Å². The molecule has 152 valence electrons. The first-order valence-electron chi connectivity index (χ1n) is 8.87. The third-order valence-corrected chi connectivity index (χ3v) is 4.84. The second kappa shape index (κ2) is 7.86. The maximum absolute atomic E-state index is 13.5. The third-order valence-electron chi connectivity index (χ3n) is 4.84. The first kappa shape index (κ1) is 20.2. The molecule has 4 atom stereocenters. The van der Waals surface area contributed by atoms with Crippen molar-refractivity contribution in [3.05, 3.63) is 46.4 Å². The molecule has 0 spiro atoms. The second-order valence-corrected chi connectivity index (χ2v) is 7.07. The SMILES string of the molecule is Cc1cc(C)c(C(=O)OCC2OC(N3C=C(F)C(=O)NC3)C(O)C2O)c(C)c1. The minimum atomic E-state index is -1.37. The topological polar surface area (TPSA) is 108 Å². The number of nitrogens with one attached hydrogen (secondary N) is 1. The maximum atomic E-state index is 13.5. The number of halogens is 1. The van der Waals surface area contributed by atoms with Crippen LogP contribution in [0, 0.1) is 20.8 Å². The molecule has 0 aromatic heterocycles. The van der Waals surface area contributed by atoms with Gasteiger partial charge >= 0.3 is 5.97 Å². The van der Waals surface area contributed by atoms with Gasteiger partial charge in [0.05, 0.1) is 12.2 Å². The van der Waals surface area contributed by atoms with Crippen LogP contribution in [0.25, 0.3) is 0 Å². The average Bonchev–Trinajstić information content (AvgIpc) is 2.90. The summed E-state index contributed by atoms with van der Waals surface area (Å²) in [7, 11) is 0. The lowest BCUT2D eigenvalue weighted by Crippen LogP contribution is -2.49. The van der Waals surface area contributed by atoms with E-state index in [9.17, 15) is 24.2 Å². The van der Waals surface area contributed by atoms with Gasteiger partial charge in [-0.15, -0.1) is 0 Å². The molecule has 1 aromatic carbocycles. The van der Waals surface area contributed by atoms with Crippen molar-refractivity contribution >= 4 is 11.9 Å². The highest BCUT2D eigenvalue weighted by atomic mass is 19.1. The van der Waals surface area contributed by atoms with Crippen LogP contribution in [-0.2, 0) is 14.3 Å². The molecule has 8 nitrogen and oxygen atoms in total. The van der Waals surface area contributed by atoms with Gasteiger partial charge in [0.2, 0.25) is 5.83 Å². The van der Waals surface area contributed by atoms with E-state index >= 15 is 0 Å². The van der Waals surface area contributed by atoms with E-state index in [2.05, 4.69) is 5.32 Å². The number of benzene rings is 1. The first-order valence-corrected chi connectivity index (χ1v) is 8.87. The minimum Gasteiger partial charge on any atom is -0.459 e. The van der Waals surface area contributed by atoms with Crippen LogP contribution in [-0.4, -0.2) is 64.8 Å². The van der Waals surface area contributed by atoms with E-state index in [0.717, 1.165) is 22.9 Å². The van der Waals surface area contributed by atoms with Gasteiger partial charge in [0.1, 0.15) is 24.9 Å². The fourth-order valence-corrected chi connectivity index (χ4v) is 3.53. The van der Waals surface area contributed by atoms with Gasteiger partial charge in [-0.1, -0.05) is 17.7 Å². The number of aryl methyl sites for hydroxylation is 3. The lowest BCUT2D eigenvalue weighted by atomic mass is 10.00. The molecule has 0 aliphatic carbocycles. The van der Waals surface area contributed by atoms with E-state index in [1.807, 2.05) is 32.9 Å². The van der Waals surface area contributed by atoms with Gasteiger partial charge in [0.25, 0.3) is 5.91 Å². The number of nitrogens with zero attached hydrogens (tertiary/aromatic N) is 1. The van der Waals surface area contributed by atoms with Gasteiger partial charge < -0.3 is 29.9 Å². The third kappa shape index (κ3) is 3.87. The minimum absolute atomic E-state index is 0.0883. The van der Waals surface area contributed by atoms with Crippen molar-refractivity contribution < 1.29 is 33.7 Å². The summed E-state index contributed by atoms with van der Waals surface area (Å²) in [6, 6.07) is 3.74. The highest BCUT2D eigenvalue weighted by Gasteiger charge is 2.46. The summed E-state index contributed by atoms with van der Waals surface area (Å²) in [5, 5.41) is 22.7. The van der Waals surface area contributed by atoms with E-state index in [-0.39, 0.29) is 13.3 Å². The van der Waals surface area contributed by atoms with Gasteiger partial charge in [0.15, 0.2) is 6.23 Å². The molecule has 1 aromatic rings. The normalized spacial score (nSPS) is 27.4. The zero-order valence-corrected chi connectivity index (χ0v) is 15.8. The van der Waals surface area contributed by atoms with Crippen LogP contribution >= 0.6 is 0 Å². The number of aliphatic hydroxyl groups is 2. The average molecular weight is 394 g/mol. The van der Waals surface area contributed by atoms with Gasteiger partial charge in [-0.2, -0.15) is 4.39 Å². The first-order chi connectivity index (χ1) is 13.2. The molecule has 9 heteroatoms. The van der Waals surface area contributed by atoms with E-state index in [4.69, 9.17) is 9.47 Å². The molecular formula is C19H23FN2O6. The lowest BCUT2D eigenvalue weighted by molar-refractivity contribution is -0.124. The Kier molecular flexibility index (Phi) is 5.69. The monoisotopic (exact) mass is 394 g/mol. The Balaban J connectivity index is 1.66. The number of carbonyl (C=O) groups excluding carboxylic acids is 2. The number of amides is 1. The molecule has 1 amide bonds. The standard InChI is InChI=1S/C19H23FN2O6/c1-9-4-10(2)14(11(3)5-9)19(26)27-7-13-15(23)16(24)18(28-13)22-6-12(20)17(25)21-8-22/h4-6,13,15-16,18,23-24H,7-8H2,1-3H3,(H,21,25). The van der Waals surface area contributed by atoms with Crippen molar-refractivity contribution in [3.63, 3.8) is 0 Å². The summed E-state index contributed by atoms with van der Waals surface area (Å²) < 4.78 is 24.3. The quantitative estimate of drug-likeness (QED) is 0.635. The Labute approximate surface area is 161 Å². The van der Waals surface area contributed by atoms with Crippen LogP contribution in [0.3, 0.4) is 0 Å². The molecule has 0 radical (unpaired) electrons. The molecule has 1 fully saturated rings. The van der Waals surface area contributed by atoms with Crippen LogP contribution in [0.1, 0.15) is 27.0 Å². The molecule has 2 heterocycles. The van der Waals surface area contributed by atoms with Gasteiger partial charge in [-0.05, 0) is 31.9 Å². The summed E-state index contributed by atoms with van der Waals surface area (Å²) in [5.74, 6) is -2.45. The van der Waals surface area contributed by atoms with E-state index < -0.39 is 42.2 Å². The fourth-order valence-electron chi connectivity index (χ4n) is 3.53. The maximum Gasteiger partial charge on any atom is 0.338 e. The van der Waals surface area contributed by atoms with Crippen LogP contribution < -0.4 is 5.32 Å². The van der Waals surface area contributed by atoms with E-state index in [0.29, 0.717) is 5.56 Å². The highest BCUT2D eigenvalue weighted by Crippen LogP contribution is 2.26. The molecule has 1 saturated heterocycles. The zero-order valence-electron chi connectivity index (χ0n) is 15.8. The fraction of sp³-hybridized carbons (Fsp3) is 0.474. The smallest absolute Gasteiger partial charge is 0.338 e. The van der Waals surface area contributed by atoms with E-state index in [1.165, 1.54) is 4.90 Å². The van der Waals surface area contributed by atoms with Crippen LogP contribution in [0.2, 0.25) is 0 Å². The summed E-state index contributed by atoms with van der Waals surface area (Å²) in [6.45, 7) is 5.17. The second-order valence-electron chi connectivity index (χ2n) is 7.07. The van der Waals surface area contributed by atoms with Crippen molar-refractivity contribution in [1.82, 2.24) is 10.2 Å². The number of ether oxygens (including phenoxy) is 2. The van der Waals surface area contributed by atoms with Gasteiger partial charge in [-0.3, -0.25) is 4.79 Å². The van der Waals surface area contributed by atoms with Crippen molar-refractivity contribution in [3.8, 4) is 0 Å². The zero-order chi connectivity index (χ0) is 20.6. The number of hydrogen-bond donors (Lipinski definition) is 3. The van der Waals surface area contributed by atoms with Gasteiger partial charge in [-0.25, -0.2) is 4.79 Å². The Morgan fingerprint density at radius 1 is 1.29 bits per heavy atom. The summed E-state index contributed by atoms with van der Waals surface area (Å²) >= 11 is 0. The van der Waals surface area contributed by atoms with E-state index in [1.54, 1.807) is 0 Å². The largest absolute Gasteiger partial charge is 0.459 e. The molecule has 0 bridgehead atoms. The number of aliphatic hydroxyl groups excluding tert-OH is 2. The summed E-state index contributed by atoms with van der Waals surface area (Å²) in [5.41, 5.74) is 3.02. The molecule has 3 N–H and O–H groups in total. The number of rotatable bonds is 4. The van der Waals surface area contributed by atoms with Crippen molar-refractivity contribution in [1.29, 1.82) is 0 Å². The molecule has 2 aliphatic rings. The summed E-state index contributed by atoms with van der Waals surface area (Å²) in [6.07, 6.45) is -3.89. The Morgan fingerprint density at radius 3 is 2.54 bits per heavy atom. The molecule has 4 unspecified atom stereocenters. The molecule has 0 saturated carbocycles. The van der Waals surface area contributed by atoms with Crippen molar-refractivity contribution in [2.75, 3.05) is 13.3 Å². The lowest BCUT2D eigenvalue weighted by Gasteiger charge is -2.31. The number of hydrogen-bond acceptors (Lipinski definition) is 7. The van der Waals surface area contributed by atoms with Crippen LogP contribution in [0.15, 0.2) is 24.2 Å². The van der Waals surface area contributed by atoms with Crippen LogP contribution in [0.5, 0.6) is 0 Å². The molecule has 28 heavy (non-hydrogen) atoms. The predicted octanol–water partition coefficient (Wildman–Crippen LogP) is 0.416. The predicted molar refractivity (Wildman–Crippen MR) is 95.6 cm³/mol. The number of carbonyl (C=O) groups is 2. The van der Waals surface area contributed by atoms with Crippen LogP contribution in [0.4, 0.5) is 4.39 Å². The molecule has 2 aliphatic heterocycles. The van der Waals surface area contributed by atoms with Crippen molar-refractivity contribution in [2.24, 2.45) is 0 Å². The highest BCUT2D eigenvalue weighted by molar-refractivity contribution is 5.93. The summed E-state index contributed by atoms with van der Waals surface area (Å²) in [4.78, 5) is 24.9. The Morgan fingerprint density at radius 2 is 1.93 bits per heavy atom. The Hall–Kier alpha value is -2.49.